The maximum Gasteiger partial charge on any atom is 0.0750 e. The average molecular weight is 286 g/mol. The van der Waals surface area contributed by atoms with E-state index in [9.17, 15) is 0 Å². The van der Waals surface area contributed by atoms with Crippen LogP contribution in [0.25, 0.3) is 0 Å². The molecule has 3 aliphatic rings. The molecule has 4 unspecified atom stereocenters. The molecule has 0 spiro atoms. The predicted molar refractivity (Wildman–Crippen MR) is 92.7 cm³/mol. The molecule has 3 fully saturated rings. The molecule has 1 heteroatoms. The molecule has 0 heterocycles. The van der Waals surface area contributed by atoms with Crippen LogP contribution in [0, 0.1) is 23.7 Å². The Morgan fingerprint density at radius 2 is 1.33 bits per heavy atom. The third-order valence-electron chi connectivity index (χ3n) is 7.23. The zero-order valence-electron chi connectivity index (χ0n) is 14.3. The van der Waals surface area contributed by atoms with Crippen LogP contribution < -0.4 is 0 Å². The first kappa shape index (κ1) is 15.9. The van der Waals surface area contributed by atoms with E-state index in [2.05, 4.69) is 6.92 Å². The Balaban J connectivity index is 1.80. The molecular weight excluding hydrogens is 251 g/mol. The van der Waals surface area contributed by atoms with Crippen LogP contribution in [0.2, 0.25) is 5.31 Å². The van der Waals surface area contributed by atoms with Gasteiger partial charge in [0.25, 0.3) is 0 Å². The van der Waals surface area contributed by atoms with Crippen molar-refractivity contribution >= 4 is 7.85 Å². The van der Waals surface area contributed by atoms with Crippen LogP contribution >= 0.6 is 0 Å². The lowest BCUT2D eigenvalue weighted by Gasteiger charge is -2.52. The molecule has 0 aliphatic heterocycles. The summed E-state index contributed by atoms with van der Waals surface area (Å²) in [6.07, 6.45) is 20.1. The maximum absolute atomic E-state index is 7.15. The highest BCUT2D eigenvalue weighted by Crippen LogP contribution is 2.58. The largest absolute Gasteiger partial charge is 0.0750 e. The van der Waals surface area contributed by atoms with Gasteiger partial charge in [0.2, 0.25) is 0 Å². The Bertz CT molecular complexity index is 316. The smallest absolute Gasteiger partial charge is 0.0628 e. The van der Waals surface area contributed by atoms with E-state index in [1.54, 1.807) is 0 Å². The molecule has 0 amide bonds. The molecule has 0 aromatic carbocycles. The Morgan fingerprint density at radius 1 is 0.714 bits per heavy atom. The topological polar surface area (TPSA) is 0 Å². The SMILES string of the molecule is [B]C1(C2C(C)CCC3CCCCCC32)CCCCCCC1. The van der Waals surface area contributed by atoms with Gasteiger partial charge in [0.1, 0.15) is 0 Å². The van der Waals surface area contributed by atoms with Crippen molar-refractivity contribution in [2.24, 2.45) is 23.7 Å². The molecule has 0 aromatic heterocycles. The second-order valence-corrected chi connectivity index (χ2v) is 8.64. The Hall–Kier alpha value is 0.0649. The molecule has 0 aromatic rings. The van der Waals surface area contributed by atoms with Gasteiger partial charge in [-0.15, -0.1) is 0 Å². The molecule has 3 saturated carbocycles. The van der Waals surface area contributed by atoms with Crippen molar-refractivity contribution in [2.75, 3.05) is 0 Å². The quantitative estimate of drug-likeness (QED) is 0.496. The average Bonchev–Trinajstić information content (AvgIpc) is 2.68. The molecular formula is C20H35B. The molecule has 3 rings (SSSR count). The van der Waals surface area contributed by atoms with Crippen molar-refractivity contribution in [3.8, 4) is 0 Å². The lowest BCUT2D eigenvalue weighted by molar-refractivity contribution is 0.0439. The normalized spacial score (nSPS) is 41.4. The third kappa shape index (κ3) is 3.53. The van der Waals surface area contributed by atoms with E-state index in [4.69, 9.17) is 7.85 Å². The maximum atomic E-state index is 7.15. The molecule has 0 bridgehead atoms. The van der Waals surface area contributed by atoms with Gasteiger partial charge in [-0.25, -0.2) is 0 Å². The van der Waals surface area contributed by atoms with E-state index in [1.165, 1.54) is 89.9 Å². The van der Waals surface area contributed by atoms with Crippen molar-refractivity contribution in [2.45, 2.75) is 102 Å². The van der Waals surface area contributed by atoms with Gasteiger partial charge in [0.05, 0.1) is 7.85 Å². The molecule has 21 heavy (non-hydrogen) atoms. The summed E-state index contributed by atoms with van der Waals surface area (Å²) in [4.78, 5) is 0. The van der Waals surface area contributed by atoms with Crippen molar-refractivity contribution in [3.05, 3.63) is 0 Å². The molecule has 4 atom stereocenters. The lowest BCUT2D eigenvalue weighted by atomic mass is 9.46. The molecule has 0 N–H and O–H groups in total. The minimum atomic E-state index is 0.174. The summed E-state index contributed by atoms with van der Waals surface area (Å²) >= 11 is 0. The first-order valence-corrected chi connectivity index (χ1v) is 9.99. The number of hydrogen-bond donors (Lipinski definition) is 0. The first-order valence-electron chi connectivity index (χ1n) is 9.99. The zero-order chi connectivity index (χ0) is 14.7. The zero-order valence-corrected chi connectivity index (χ0v) is 14.3. The van der Waals surface area contributed by atoms with Gasteiger partial charge in [0.15, 0.2) is 0 Å². The summed E-state index contributed by atoms with van der Waals surface area (Å²) < 4.78 is 0. The van der Waals surface area contributed by atoms with Crippen molar-refractivity contribution in [1.29, 1.82) is 0 Å². The van der Waals surface area contributed by atoms with Crippen LogP contribution in [0.15, 0.2) is 0 Å². The fourth-order valence-corrected chi connectivity index (χ4v) is 6.21. The van der Waals surface area contributed by atoms with Crippen molar-refractivity contribution in [3.63, 3.8) is 0 Å². The van der Waals surface area contributed by atoms with Gasteiger partial charge in [-0.1, -0.05) is 89.3 Å². The molecule has 0 saturated heterocycles. The van der Waals surface area contributed by atoms with Crippen molar-refractivity contribution < 1.29 is 0 Å². The summed E-state index contributed by atoms with van der Waals surface area (Å²) in [6.45, 7) is 2.53. The molecule has 118 valence electrons. The van der Waals surface area contributed by atoms with Gasteiger partial charge < -0.3 is 0 Å². The number of hydrogen-bond acceptors (Lipinski definition) is 0. The minimum Gasteiger partial charge on any atom is -0.0628 e. The monoisotopic (exact) mass is 286 g/mol. The van der Waals surface area contributed by atoms with Crippen LogP contribution in [0.1, 0.15) is 96.8 Å². The highest BCUT2D eigenvalue weighted by Gasteiger charge is 2.46. The van der Waals surface area contributed by atoms with Crippen LogP contribution in [-0.4, -0.2) is 7.85 Å². The van der Waals surface area contributed by atoms with Crippen LogP contribution in [0.5, 0.6) is 0 Å². The van der Waals surface area contributed by atoms with Crippen LogP contribution in [-0.2, 0) is 0 Å². The van der Waals surface area contributed by atoms with E-state index < -0.39 is 0 Å². The van der Waals surface area contributed by atoms with Gasteiger partial charge in [-0.05, 0) is 36.5 Å². The van der Waals surface area contributed by atoms with Crippen LogP contribution in [0.3, 0.4) is 0 Å². The van der Waals surface area contributed by atoms with E-state index in [-0.39, 0.29) is 5.31 Å². The molecule has 0 nitrogen and oxygen atoms in total. The number of fused-ring (bicyclic) bond motifs is 1. The van der Waals surface area contributed by atoms with Gasteiger partial charge in [-0.2, -0.15) is 0 Å². The molecule has 2 radical (unpaired) electrons. The van der Waals surface area contributed by atoms with Crippen LogP contribution in [0.4, 0.5) is 0 Å². The van der Waals surface area contributed by atoms with E-state index in [0.29, 0.717) is 0 Å². The van der Waals surface area contributed by atoms with E-state index in [1.807, 2.05) is 0 Å². The fourth-order valence-electron chi connectivity index (χ4n) is 6.21. The Morgan fingerprint density at radius 3 is 2.10 bits per heavy atom. The minimum absolute atomic E-state index is 0.174. The lowest BCUT2D eigenvalue weighted by Crippen LogP contribution is -2.41. The summed E-state index contributed by atoms with van der Waals surface area (Å²) in [6, 6.07) is 0. The van der Waals surface area contributed by atoms with E-state index in [0.717, 1.165) is 23.7 Å². The Kier molecular flexibility index (Phi) is 5.38. The van der Waals surface area contributed by atoms with Gasteiger partial charge in [0, 0.05) is 0 Å². The molecule has 3 aliphatic carbocycles. The number of rotatable bonds is 1. The standard InChI is InChI=1S/C20H35B/c1-16-12-13-17-10-6-5-7-11-18(17)19(16)20(21)14-8-3-2-4-9-15-20/h16-19H,2-15H2,1H3. The summed E-state index contributed by atoms with van der Waals surface area (Å²) in [5.74, 6) is 3.67. The van der Waals surface area contributed by atoms with E-state index >= 15 is 0 Å². The second kappa shape index (κ2) is 7.09. The van der Waals surface area contributed by atoms with Crippen molar-refractivity contribution in [1.82, 2.24) is 0 Å². The fraction of sp³-hybridized carbons (Fsp3) is 1.00. The van der Waals surface area contributed by atoms with Gasteiger partial charge >= 0.3 is 0 Å². The highest BCUT2D eigenvalue weighted by atomic mass is 14.5. The predicted octanol–water partition coefficient (Wildman–Crippen LogP) is 6.30. The van der Waals surface area contributed by atoms with Gasteiger partial charge in [-0.3, -0.25) is 0 Å². The third-order valence-corrected chi connectivity index (χ3v) is 7.23. The highest BCUT2D eigenvalue weighted by molar-refractivity contribution is 6.15. The Labute approximate surface area is 134 Å². The summed E-state index contributed by atoms with van der Waals surface area (Å²) in [5, 5.41) is 0.174. The first-order chi connectivity index (χ1) is 10.2. The summed E-state index contributed by atoms with van der Waals surface area (Å²) in [5.41, 5.74) is 0. The summed E-state index contributed by atoms with van der Waals surface area (Å²) in [7, 11) is 7.15. The second-order valence-electron chi connectivity index (χ2n) is 8.64.